The molecule has 0 saturated carbocycles. The number of carboxylic acid groups (broad SMARTS) is 1. The molecule has 0 aliphatic rings. The van der Waals surface area contributed by atoms with E-state index in [2.05, 4.69) is 20.9 Å². The van der Waals surface area contributed by atoms with Crippen LogP contribution in [0.5, 0.6) is 0 Å². The van der Waals surface area contributed by atoms with Crippen molar-refractivity contribution in [2.75, 3.05) is 19.6 Å². The Morgan fingerprint density at radius 3 is 2.23 bits per heavy atom. The van der Waals surface area contributed by atoms with Gasteiger partial charge in [-0.05, 0) is 45.6 Å². The summed E-state index contributed by atoms with van der Waals surface area (Å²) in [6.07, 6.45) is 2.34. The van der Waals surface area contributed by atoms with E-state index in [0.29, 0.717) is 45.2 Å². The van der Waals surface area contributed by atoms with Crippen LogP contribution in [0.25, 0.3) is 0 Å². The number of carbonyl (C=O) groups is 4. The second-order valence-electron chi connectivity index (χ2n) is 6.75. The fourth-order valence-corrected chi connectivity index (χ4v) is 2.34. The van der Waals surface area contributed by atoms with Crippen molar-refractivity contribution in [1.29, 1.82) is 0 Å². The highest BCUT2D eigenvalue weighted by molar-refractivity contribution is 5.92. The maximum atomic E-state index is 12.4. The number of aliphatic imine (C=N–C) groups is 1. The van der Waals surface area contributed by atoms with Crippen LogP contribution < -0.4 is 38.9 Å². The maximum Gasteiger partial charge on any atom is 0.325 e. The normalized spacial score (nSPS) is 13.4. The van der Waals surface area contributed by atoms with Crippen LogP contribution in [-0.4, -0.2) is 72.5 Å². The second kappa shape index (κ2) is 15.0. The van der Waals surface area contributed by atoms with Crippen molar-refractivity contribution in [3.63, 3.8) is 0 Å². The summed E-state index contributed by atoms with van der Waals surface area (Å²) >= 11 is 0. The largest absolute Gasteiger partial charge is 0.480 e. The molecule has 0 aliphatic carbocycles. The van der Waals surface area contributed by atoms with Crippen molar-refractivity contribution in [2.45, 2.75) is 57.2 Å². The van der Waals surface area contributed by atoms with Gasteiger partial charge in [0.1, 0.15) is 12.1 Å². The summed E-state index contributed by atoms with van der Waals surface area (Å²) < 4.78 is 0. The van der Waals surface area contributed by atoms with Gasteiger partial charge in [0.15, 0.2) is 5.96 Å². The molecule has 0 aromatic carbocycles. The van der Waals surface area contributed by atoms with Crippen LogP contribution in [-0.2, 0) is 19.2 Å². The lowest BCUT2D eigenvalue weighted by Crippen LogP contribution is -2.53. The van der Waals surface area contributed by atoms with Gasteiger partial charge in [0.2, 0.25) is 17.7 Å². The monoisotopic (exact) mass is 430 g/mol. The van der Waals surface area contributed by atoms with E-state index in [1.54, 1.807) is 0 Å². The summed E-state index contributed by atoms with van der Waals surface area (Å²) in [5.74, 6) is -3.01. The average Bonchev–Trinajstić information content (AvgIpc) is 2.68. The Hall–Kier alpha value is -2.93. The molecule has 0 aromatic rings. The van der Waals surface area contributed by atoms with E-state index in [1.807, 2.05) is 0 Å². The van der Waals surface area contributed by atoms with Crippen molar-refractivity contribution in [3.05, 3.63) is 0 Å². The zero-order chi connectivity index (χ0) is 23.1. The number of amides is 3. The number of nitrogens with zero attached hydrogens (tertiary/aromatic N) is 1. The van der Waals surface area contributed by atoms with E-state index >= 15 is 0 Å². The number of unbranched alkanes of at least 4 members (excludes halogenated alkanes) is 1. The summed E-state index contributed by atoms with van der Waals surface area (Å²) in [5, 5.41) is 16.0. The quantitative estimate of drug-likeness (QED) is 0.0735. The standard InChI is InChI=1S/C17H34N8O5/c1-10(16(29)30)24-13(26)9-23-15(28)12(6-2-3-7-18)25-14(27)11(19)5-4-8-22-17(20)21/h10-12H,2-9,18-19H2,1H3,(H,23,28)(H,24,26)(H,25,27)(H,29,30)(H4,20,21,22). The van der Waals surface area contributed by atoms with Crippen LogP contribution in [0.1, 0.15) is 39.0 Å². The van der Waals surface area contributed by atoms with Gasteiger partial charge in [0, 0.05) is 6.54 Å². The molecule has 13 heteroatoms. The van der Waals surface area contributed by atoms with Crippen LogP contribution in [0.4, 0.5) is 0 Å². The van der Waals surface area contributed by atoms with E-state index < -0.39 is 48.4 Å². The molecule has 3 amide bonds. The van der Waals surface area contributed by atoms with E-state index in [1.165, 1.54) is 6.92 Å². The summed E-state index contributed by atoms with van der Waals surface area (Å²) in [6, 6.07) is -2.85. The number of hydrogen-bond donors (Lipinski definition) is 8. The molecule has 3 unspecified atom stereocenters. The number of hydrogen-bond acceptors (Lipinski definition) is 7. The molecule has 0 heterocycles. The Balaban J connectivity index is 4.70. The van der Waals surface area contributed by atoms with Gasteiger partial charge in [0.05, 0.1) is 12.6 Å². The SMILES string of the molecule is CC(NC(=O)CNC(=O)C(CCCCN)NC(=O)C(N)CCCN=C(N)N)C(=O)O. The van der Waals surface area contributed by atoms with Crippen molar-refractivity contribution < 1.29 is 24.3 Å². The first kappa shape index (κ1) is 27.1. The Bertz CT molecular complexity index is 609. The van der Waals surface area contributed by atoms with Gasteiger partial charge in [-0.25, -0.2) is 0 Å². The predicted molar refractivity (Wildman–Crippen MR) is 111 cm³/mol. The molecule has 172 valence electrons. The molecule has 30 heavy (non-hydrogen) atoms. The molecule has 0 rings (SSSR count). The lowest BCUT2D eigenvalue weighted by molar-refractivity contribution is -0.141. The summed E-state index contributed by atoms with van der Waals surface area (Å²) in [7, 11) is 0. The van der Waals surface area contributed by atoms with Crippen LogP contribution in [0.15, 0.2) is 4.99 Å². The van der Waals surface area contributed by atoms with Gasteiger partial charge in [-0.15, -0.1) is 0 Å². The fraction of sp³-hybridized carbons (Fsp3) is 0.706. The average molecular weight is 431 g/mol. The summed E-state index contributed by atoms with van der Waals surface area (Å²) in [4.78, 5) is 51.0. The minimum Gasteiger partial charge on any atom is -0.480 e. The van der Waals surface area contributed by atoms with Gasteiger partial charge in [-0.1, -0.05) is 0 Å². The Morgan fingerprint density at radius 2 is 1.67 bits per heavy atom. The van der Waals surface area contributed by atoms with Gasteiger partial charge in [0.25, 0.3) is 0 Å². The van der Waals surface area contributed by atoms with Crippen LogP contribution in [0.3, 0.4) is 0 Å². The first-order chi connectivity index (χ1) is 14.1. The van der Waals surface area contributed by atoms with Crippen molar-refractivity contribution in [1.82, 2.24) is 16.0 Å². The summed E-state index contributed by atoms with van der Waals surface area (Å²) in [5.41, 5.74) is 21.8. The number of aliphatic carboxylic acids is 1. The minimum absolute atomic E-state index is 0.0496. The highest BCUT2D eigenvalue weighted by Crippen LogP contribution is 2.03. The zero-order valence-electron chi connectivity index (χ0n) is 17.2. The third kappa shape index (κ3) is 12.5. The Kier molecular flexibility index (Phi) is 13.5. The molecule has 0 bridgehead atoms. The number of guanidine groups is 1. The molecular formula is C17H34N8O5. The van der Waals surface area contributed by atoms with Crippen molar-refractivity contribution in [2.24, 2.45) is 27.9 Å². The highest BCUT2D eigenvalue weighted by atomic mass is 16.4. The summed E-state index contributed by atoms with van der Waals surface area (Å²) in [6.45, 7) is 1.63. The number of carbonyl (C=O) groups excluding carboxylic acids is 3. The molecule has 0 aliphatic heterocycles. The van der Waals surface area contributed by atoms with Gasteiger partial charge in [-0.3, -0.25) is 24.2 Å². The number of carboxylic acids is 1. The van der Waals surface area contributed by atoms with Crippen LogP contribution in [0.2, 0.25) is 0 Å². The molecular weight excluding hydrogens is 396 g/mol. The lowest BCUT2D eigenvalue weighted by Gasteiger charge is -2.21. The zero-order valence-corrected chi connectivity index (χ0v) is 17.2. The van der Waals surface area contributed by atoms with Crippen molar-refractivity contribution >= 4 is 29.7 Å². The molecule has 12 N–H and O–H groups in total. The number of rotatable bonds is 15. The fourth-order valence-electron chi connectivity index (χ4n) is 2.34. The molecule has 0 fully saturated rings. The smallest absolute Gasteiger partial charge is 0.325 e. The van der Waals surface area contributed by atoms with Gasteiger partial charge in [-0.2, -0.15) is 0 Å². The topological polar surface area (TPSA) is 241 Å². The molecule has 0 aromatic heterocycles. The predicted octanol–water partition coefficient (Wildman–Crippen LogP) is -3.31. The molecule has 3 atom stereocenters. The molecule has 0 saturated heterocycles. The van der Waals surface area contributed by atoms with E-state index in [-0.39, 0.29) is 5.96 Å². The molecule has 0 radical (unpaired) electrons. The van der Waals surface area contributed by atoms with Crippen molar-refractivity contribution in [3.8, 4) is 0 Å². The lowest BCUT2D eigenvalue weighted by atomic mass is 10.1. The molecule has 0 spiro atoms. The minimum atomic E-state index is -1.20. The van der Waals surface area contributed by atoms with E-state index in [9.17, 15) is 19.2 Å². The first-order valence-corrected chi connectivity index (χ1v) is 9.69. The third-order valence-electron chi connectivity index (χ3n) is 4.06. The van der Waals surface area contributed by atoms with E-state index in [4.69, 9.17) is 28.0 Å². The van der Waals surface area contributed by atoms with Crippen LogP contribution >= 0.6 is 0 Å². The Morgan fingerprint density at radius 1 is 1.00 bits per heavy atom. The third-order valence-corrected chi connectivity index (χ3v) is 4.06. The first-order valence-electron chi connectivity index (χ1n) is 9.69. The second-order valence-corrected chi connectivity index (χ2v) is 6.75. The van der Waals surface area contributed by atoms with Gasteiger partial charge < -0.3 is 44.0 Å². The molecule has 13 nitrogen and oxygen atoms in total. The van der Waals surface area contributed by atoms with Gasteiger partial charge >= 0.3 is 5.97 Å². The highest BCUT2D eigenvalue weighted by Gasteiger charge is 2.24. The number of nitrogens with two attached hydrogens (primary N) is 4. The van der Waals surface area contributed by atoms with E-state index in [0.717, 1.165) is 0 Å². The van der Waals surface area contributed by atoms with Crippen LogP contribution in [0, 0.1) is 0 Å². The number of nitrogens with one attached hydrogen (secondary N) is 3. The maximum absolute atomic E-state index is 12.4. The Labute approximate surface area is 175 Å².